The third-order valence-corrected chi connectivity index (χ3v) is 2.81. The predicted octanol–water partition coefficient (Wildman–Crippen LogP) is 3.44. The van der Waals surface area contributed by atoms with Crippen LogP contribution in [0.5, 0.6) is 0 Å². The largest absolute Gasteiger partial charge is 0.459 e. The molecule has 1 atom stereocenters. The Morgan fingerprint density at radius 3 is 2.00 bits per heavy atom. The fraction of sp³-hybridized carbons (Fsp3) is 0.438. The van der Waals surface area contributed by atoms with E-state index >= 15 is 0 Å². The fourth-order valence-corrected chi connectivity index (χ4v) is 1.92. The second kappa shape index (κ2) is 6.52. The van der Waals surface area contributed by atoms with Crippen LogP contribution in [0.3, 0.4) is 0 Å². The molecule has 1 rings (SSSR count). The number of hydrogen-bond donors (Lipinski definition) is 0. The molecule has 23 heavy (non-hydrogen) atoms. The van der Waals surface area contributed by atoms with Crippen LogP contribution < -0.4 is 0 Å². The zero-order valence-corrected chi connectivity index (χ0v) is 13.2. The Morgan fingerprint density at radius 2 is 1.57 bits per heavy atom. The van der Waals surface area contributed by atoms with Crippen molar-refractivity contribution >= 4 is 17.5 Å². The van der Waals surface area contributed by atoms with Gasteiger partial charge in [-0.05, 0) is 33.8 Å². The summed E-state index contributed by atoms with van der Waals surface area (Å²) in [6.45, 7) is 5.53. The molecule has 0 spiro atoms. The van der Waals surface area contributed by atoms with Crippen LogP contribution in [0, 0.1) is 5.92 Å². The maximum absolute atomic E-state index is 13.0. The number of ketones is 2. The number of halogens is 3. The highest BCUT2D eigenvalue weighted by Crippen LogP contribution is 2.33. The number of rotatable bonds is 4. The highest BCUT2D eigenvalue weighted by molar-refractivity contribution is 6.22. The lowest BCUT2D eigenvalue weighted by Crippen LogP contribution is -2.37. The summed E-state index contributed by atoms with van der Waals surface area (Å²) in [6, 6.07) is 4.01. The van der Waals surface area contributed by atoms with Gasteiger partial charge in [0.05, 0.1) is 5.56 Å². The minimum absolute atomic E-state index is 0.722. The number of benzene rings is 1. The summed E-state index contributed by atoms with van der Waals surface area (Å²) in [5, 5.41) is 0. The van der Waals surface area contributed by atoms with Crippen LogP contribution in [0.4, 0.5) is 13.2 Å². The molecule has 0 aliphatic carbocycles. The monoisotopic (exact) mass is 330 g/mol. The first-order valence-electron chi connectivity index (χ1n) is 6.78. The van der Waals surface area contributed by atoms with Crippen molar-refractivity contribution < 1.29 is 32.3 Å². The average Bonchev–Trinajstić information content (AvgIpc) is 2.35. The summed E-state index contributed by atoms with van der Waals surface area (Å²) in [7, 11) is 0. The standard InChI is InChI=1S/C16H17F3O4/c1-9(20)12(14(22)23-15(2,3)4)13(21)10-7-5-6-8-11(10)16(17,18)19/h5-8,12H,1-4H3. The van der Waals surface area contributed by atoms with E-state index in [0.29, 0.717) is 0 Å². The smallest absolute Gasteiger partial charge is 0.417 e. The summed E-state index contributed by atoms with van der Waals surface area (Å²) in [5.41, 5.74) is -2.90. The third-order valence-electron chi connectivity index (χ3n) is 2.81. The van der Waals surface area contributed by atoms with Gasteiger partial charge in [-0.2, -0.15) is 13.2 Å². The van der Waals surface area contributed by atoms with Gasteiger partial charge in [0.2, 0.25) is 0 Å². The Morgan fingerprint density at radius 1 is 1.04 bits per heavy atom. The lowest BCUT2D eigenvalue weighted by Gasteiger charge is -2.23. The number of alkyl halides is 3. The van der Waals surface area contributed by atoms with Crippen molar-refractivity contribution in [2.75, 3.05) is 0 Å². The van der Waals surface area contributed by atoms with E-state index < -0.39 is 46.4 Å². The lowest BCUT2D eigenvalue weighted by atomic mass is 9.91. The van der Waals surface area contributed by atoms with Gasteiger partial charge in [0.15, 0.2) is 17.5 Å². The van der Waals surface area contributed by atoms with Gasteiger partial charge < -0.3 is 4.74 Å². The van der Waals surface area contributed by atoms with Crippen molar-refractivity contribution in [1.82, 2.24) is 0 Å². The summed E-state index contributed by atoms with van der Waals surface area (Å²) >= 11 is 0. The van der Waals surface area contributed by atoms with Gasteiger partial charge in [-0.25, -0.2) is 0 Å². The van der Waals surface area contributed by atoms with E-state index in [-0.39, 0.29) is 0 Å². The van der Waals surface area contributed by atoms with E-state index in [2.05, 4.69) is 0 Å². The van der Waals surface area contributed by atoms with E-state index in [1.807, 2.05) is 0 Å². The second-order valence-corrected chi connectivity index (χ2v) is 5.98. The summed E-state index contributed by atoms with van der Waals surface area (Å²) in [4.78, 5) is 36.0. The first-order chi connectivity index (χ1) is 10.3. The highest BCUT2D eigenvalue weighted by atomic mass is 19.4. The van der Waals surface area contributed by atoms with E-state index in [9.17, 15) is 27.6 Å². The molecule has 0 aliphatic rings. The molecule has 7 heteroatoms. The van der Waals surface area contributed by atoms with Crippen molar-refractivity contribution in [3.63, 3.8) is 0 Å². The number of hydrogen-bond acceptors (Lipinski definition) is 4. The van der Waals surface area contributed by atoms with Crippen LogP contribution >= 0.6 is 0 Å². The van der Waals surface area contributed by atoms with E-state index in [4.69, 9.17) is 4.74 Å². The Kier molecular flexibility index (Phi) is 5.35. The fourth-order valence-electron chi connectivity index (χ4n) is 1.92. The predicted molar refractivity (Wildman–Crippen MR) is 75.8 cm³/mol. The van der Waals surface area contributed by atoms with Crippen molar-refractivity contribution in [3.05, 3.63) is 35.4 Å². The molecule has 126 valence electrons. The number of carbonyl (C=O) groups excluding carboxylic acids is 3. The minimum Gasteiger partial charge on any atom is -0.459 e. The van der Waals surface area contributed by atoms with Crippen molar-refractivity contribution in [2.45, 2.75) is 39.5 Å². The number of Topliss-reactive ketones (excluding diaryl/α,β-unsaturated/α-hetero) is 2. The number of esters is 1. The Hall–Kier alpha value is -2.18. The van der Waals surface area contributed by atoms with Gasteiger partial charge in [-0.15, -0.1) is 0 Å². The van der Waals surface area contributed by atoms with Crippen LogP contribution in [-0.4, -0.2) is 23.1 Å². The molecule has 0 bridgehead atoms. The summed E-state index contributed by atoms with van der Waals surface area (Å²) < 4.78 is 43.9. The number of ether oxygens (including phenoxy) is 1. The molecule has 0 amide bonds. The molecule has 0 saturated carbocycles. The van der Waals surface area contributed by atoms with E-state index in [0.717, 1.165) is 25.1 Å². The van der Waals surface area contributed by atoms with Gasteiger partial charge >= 0.3 is 12.1 Å². The molecule has 1 aromatic carbocycles. The van der Waals surface area contributed by atoms with Gasteiger partial charge in [-0.1, -0.05) is 18.2 Å². The molecule has 1 unspecified atom stereocenters. The normalized spacial score (nSPS) is 13.3. The zero-order chi connectivity index (χ0) is 18.0. The maximum Gasteiger partial charge on any atom is 0.417 e. The molecule has 0 aromatic heterocycles. The van der Waals surface area contributed by atoms with Crippen LogP contribution in [0.15, 0.2) is 24.3 Å². The SMILES string of the molecule is CC(=O)C(C(=O)OC(C)(C)C)C(=O)c1ccccc1C(F)(F)F. The maximum atomic E-state index is 13.0. The van der Waals surface area contributed by atoms with E-state index in [1.165, 1.54) is 26.8 Å². The molecular formula is C16H17F3O4. The quantitative estimate of drug-likeness (QED) is 0.482. The van der Waals surface area contributed by atoms with Gasteiger partial charge in [0, 0.05) is 5.56 Å². The molecule has 4 nitrogen and oxygen atoms in total. The van der Waals surface area contributed by atoms with Gasteiger partial charge in [0.1, 0.15) is 5.60 Å². The summed E-state index contributed by atoms with van der Waals surface area (Å²) in [5.74, 6) is -5.18. The third kappa shape index (κ3) is 4.91. The average molecular weight is 330 g/mol. The lowest BCUT2D eigenvalue weighted by molar-refractivity contribution is -0.159. The first kappa shape index (κ1) is 18.9. The summed E-state index contributed by atoms with van der Waals surface area (Å²) in [6.07, 6.45) is -4.78. The topological polar surface area (TPSA) is 60.4 Å². The second-order valence-electron chi connectivity index (χ2n) is 5.98. The Labute approximate surface area is 131 Å². The molecule has 0 saturated heterocycles. The van der Waals surface area contributed by atoms with Crippen molar-refractivity contribution in [2.24, 2.45) is 5.92 Å². The Bertz CT molecular complexity index is 627. The van der Waals surface area contributed by atoms with Crippen LogP contribution in [-0.2, 0) is 20.5 Å². The molecule has 0 radical (unpaired) electrons. The highest BCUT2D eigenvalue weighted by Gasteiger charge is 2.41. The zero-order valence-electron chi connectivity index (χ0n) is 13.2. The molecular weight excluding hydrogens is 313 g/mol. The molecule has 0 aliphatic heterocycles. The minimum atomic E-state index is -4.78. The van der Waals surface area contributed by atoms with E-state index in [1.54, 1.807) is 0 Å². The van der Waals surface area contributed by atoms with Crippen LogP contribution in [0.25, 0.3) is 0 Å². The van der Waals surface area contributed by atoms with Crippen molar-refractivity contribution in [3.8, 4) is 0 Å². The van der Waals surface area contributed by atoms with Gasteiger partial charge in [0.25, 0.3) is 0 Å². The first-order valence-corrected chi connectivity index (χ1v) is 6.78. The Balaban J connectivity index is 3.29. The van der Waals surface area contributed by atoms with Crippen molar-refractivity contribution in [1.29, 1.82) is 0 Å². The van der Waals surface area contributed by atoms with Gasteiger partial charge in [-0.3, -0.25) is 14.4 Å². The molecule has 0 N–H and O–H groups in total. The molecule has 0 heterocycles. The molecule has 0 fully saturated rings. The molecule has 1 aromatic rings. The van der Waals surface area contributed by atoms with Crippen LogP contribution in [0.1, 0.15) is 43.6 Å². The number of carbonyl (C=O) groups is 3. The van der Waals surface area contributed by atoms with Crippen LogP contribution in [0.2, 0.25) is 0 Å².